The highest BCUT2D eigenvalue weighted by atomic mass is 16.3. The van der Waals surface area contributed by atoms with E-state index in [9.17, 15) is 14.7 Å². The normalized spacial score (nSPS) is 56.3. The Balaban J connectivity index is 1.78. The molecule has 0 saturated heterocycles. The summed E-state index contributed by atoms with van der Waals surface area (Å²) in [6.45, 7) is 6.15. The van der Waals surface area contributed by atoms with E-state index >= 15 is 0 Å². The number of hydrogen-bond acceptors (Lipinski definition) is 3. The summed E-state index contributed by atoms with van der Waals surface area (Å²) in [6.07, 6.45) is 7.87. The number of carbonyl (C=O) groups is 2. The molecule has 122 valence electrons. The molecule has 0 aliphatic heterocycles. The van der Waals surface area contributed by atoms with E-state index in [0.29, 0.717) is 0 Å². The van der Waals surface area contributed by atoms with E-state index in [4.69, 9.17) is 0 Å². The second-order valence-electron chi connectivity index (χ2n) is 8.87. The molecule has 0 aromatic heterocycles. The van der Waals surface area contributed by atoms with Crippen LogP contribution in [-0.4, -0.2) is 23.3 Å². The van der Waals surface area contributed by atoms with E-state index in [2.05, 4.69) is 12.7 Å². The van der Waals surface area contributed by atoms with Crippen molar-refractivity contribution in [1.82, 2.24) is 0 Å². The quantitative estimate of drug-likeness (QED) is 0.598. The molecule has 6 saturated carbocycles. The van der Waals surface area contributed by atoms with Crippen LogP contribution < -0.4 is 0 Å². The summed E-state index contributed by atoms with van der Waals surface area (Å²) in [5, 5.41) is 11.0. The average molecular weight is 312 g/mol. The fourth-order valence-corrected chi connectivity index (χ4v) is 7.37. The van der Waals surface area contributed by atoms with E-state index in [0.717, 1.165) is 50.4 Å². The van der Waals surface area contributed by atoms with Crippen LogP contribution in [0.25, 0.3) is 0 Å². The lowest BCUT2D eigenvalue weighted by Gasteiger charge is -2.73. The second-order valence-corrected chi connectivity index (χ2v) is 8.87. The van der Waals surface area contributed by atoms with Crippen LogP contribution in [0.3, 0.4) is 0 Å². The van der Waals surface area contributed by atoms with Gasteiger partial charge in [0.1, 0.15) is 12.1 Å². The van der Waals surface area contributed by atoms with Gasteiger partial charge in [-0.25, -0.2) is 0 Å². The van der Waals surface area contributed by atoms with Gasteiger partial charge in [0, 0.05) is 16.7 Å². The van der Waals surface area contributed by atoms with Crippen molar-refractivity contribution in [3.8, 4) is 0 Å². The SMILES string of the molecule is C=C1[C@H]2C[C@@H]3C(=O)[C@@]45CC[C@]3([C@@H]1O)[C@@H](C2)C4=CCC[C@@]5(C)C=O. The number of hydrogen-bond donors (Lipinski definition) is 1. The van der Waals surface area contributed by atoms with E-state index < -0.39 is 16.9 Å². The highest BCUT2D eigenvalue weighted by molar-refractivity contribution is 5.98. The van der Waals surface area contributed by atoms with E-state index in [1.54, 1.807) is 0 Å². The Bertz CT molecular complexity index is 691. The van der Waals surface area contributed by atoms with Gasteiger partial charge < -0.3 is 9.90 Å². The summed E-state index contributed by atoms with van der Waals surface area (Å²) >= 11 is 0. The minimum absolute atomic E-state index is 0.0741. The summed E-state index contributed by atoms with van der Waals surface area (Å²) in [5.41, 5.74) is 0.701. The van der Waals surface area contributed by atoms with Gasteiger partial charge in [0.15, 0.2) is 0 Å². The number of allylic oxidation sites excluding steroid dienone is 2. The van der Waals surface area contributed by atoms with Crippen molar-refractivity contribution < 1.29 is 14.7 Å². The fraction of sp³-hybridized carbons (Fsp3) is 0.700. The van der Waals surface area contributed by atoms with Crippen LogP contribution in [0.15, 0.2) is 23.8 Å². The third-order valence-corrected chi connectivity index (χ3v) is 8.52. The van der Waals surface area contributed by atoms with Crippen LogP contribution in [0.5, 0.6) is 0 Å². The maximum Gasteiger partial charge on any atom is 0.147 e. The van der Waals surface area contributed by atoms with E-state index in [1.807, 2.05) is 6.92 Å². The first-order chi connectivity index (χ1) is 10.9. The average Bonchev–Trinajstić information content (AvgIpc) is 2.56. The van der Waals surface area contributed by atoms with Crippen LogP contribution in [0.1, 0.15) is 45.4 Å². The molecular formula is C20H24O3. The monoisotopic (exact) mass is 312 g/mol. The van der Waals surface area contributed by atoms with E-state index in [1.165, 1.54) is 5.57 Å². The summed E-state index contributed by atoms with van der Waals surface area (Å²) < 4.78 is 0. The molecule has 7 aliphatic carbocycles. The fourth-order valence-electron chi connectivity index (χ4n) is 7.37. The van der Waals surface area contributed by atoms with Crippen molar-refractivity contribution in [1.29, 1.82) is 0 Å². The molecule has 0 amide bonds. The number of rotatable bonds is 1. The lowest BCUT2D eigenvalue weighted by Crippen LogP contribution is -2.73. The molecular weight excluding hydrogens is 288 g/mol. The van der Waals surface area contributed by atoms with Crippen molar-refractivity contribution in [3.05, 3.63) is 23.8 Å². The molecule has 0 unspecified atom stereocenters. The number of aliphatic hydroxyl groups is 1. The number of aliphatic hydroxyl groups excluding tert-OH is 1. The lowest BCUT2D eigenvalue weighted by atomic mass is 9.30. The largest absolute Gasteiger partial charge is 0.388 e. The zero-order chi connectivity index (χ0) is 16.2. The first kappa shape index (κ1) is 14.2. The van der Waals surface area contributed by atoms with Gasteiger partial charge >= 0.3 is 0 Å². The number of carbonyl (C=O) groups excluding carboxylic acids is 2. The van der Waals surface area contributed by atoms with Gasteiger partial charge in [-0.3, -0.25) is 4.79 Å². The topological polar surface area (TPSA) is 54.4 Å². The third-order valence-electron chi connectivity index (χ3n) is 8.52. The Morgan fingerprint density at radius 1 is 1.26 bits per heavy atom. The van der Waals surface area contributed by atoms with Crippen molar-refractivity contribution in [3.63, 3.8) is 0 Å². The third kappa shape index (κ3) is 1.18. The summed E-state index contributed by atoms with van der Waals surface area (Å²) in [5.74, 6) is 0.733. The molecule has 5 bridgehead atoms. The van der Waals surface area contributed by atoms with Crippen LogP contribution in [-0.2, 0) is 9.59 Å². The van der Waals surface area contributed by atoms with Crippen molar-refractivity contribution in [2.75, 3.05) is 0 Å². The van der Waals surface area contributed by atoms with Crippen molar-refractivity contribution in [2.24, 2.45) is 34.0 Å². The van der Waals surface area contributed by atoms with Crippen LogP contribution >= 0.6 is 0 Å². The zero-order valence-corrected chi connectivity index (χ0v) is 13.7. The smallest absolute Gasteiger partial charge is 0.147 e. The van der Waals surface area contributed by atoms with E-state index in [-0.39, 0.29) is 29.0 Å². The summed E-state index contributed by atoms with van der Waals surface area (Å²) in [7, 11) is 0. The Labute approximate surface area is 136 Å². The van der Waals surface area contributed by atoms with Gasteiger partial charge in [0.2, 0.25) is 0 Å². The predicted octanol–water partition coefficient (Wildman–Crippen LogP) is 2.83. The predicted molar refractivity (Wildman–Crippen MR) is 85.4 cm³/mol. The highest BCUT2D eigenvalue weighted by Crippen LogP contribution is 2.77. The molecule has 3 nitrogen and oxygen atoms in total. The maximum absolute atomic E-state index is 13.6. The first-order valence-corrected chi connectivity index (χ1v) is 9.00. The molecule has 7 rings (SSSR count). The number of aldehydes is 1. The Hall–Kier alpha value is -1.22. The maximum atomic E-state index is 13.6. The van der Waals surface area contributed by atoms with Gasteiger partial charge in [-0.05, 0) is 55.9 Å². The molecule has 7 aliphatic rings. The van der Waals surface area contributed by atoms with Crippen LogP contribution in [0.4, 0.5) is 0 Å². The van der Waals surface area contributed by atoms with Gasteiger partial charge in [-0.2, -0.15) is 0 Å². The zero-order valence-electron chi connectivity index (χ0n) is 13.7. The number of ketones is 1. The minimum Gasteiger partial charge on any atom is -0.388 e. The van der Waals surface area contributed by atoms with Crippen molar-refractivity contribution >= 4 is 12.1 Å². The Morgan fingerprint density at radius 3 is 2.74 bits per heavy atom. The molecule has 0 aromatic carbocycles. The van der Waals surface area contributed by atoms with Crippen LogP contribution in [0.2, 0.25) is 0 Å². The molecule has 0 aromatic rings. The second kappa shape index (κ2) is 3.88. The minimum atomic E-state index is -0.576. The molecule has 23 heavy (non-hydrogen) atoms. The van der Waals surface area contributed by atoms with Gasteiger partial charge in [0.25, 0.3) is 0 Å². The lowest BCUT2D eigenvalue weighted by molar-refractivity contribution is -0.204. The molecule has 6 fully saturated rings. The van der Waals surface area contributed by atoms with Crippen molar-refractivity contribution in [2.45, 2.75) is 51.6 Å². The van der Waals surface area contributed by atoms with Gasteiger partial charge in [-0.15, -0.1) is 0 Å². The first-order valence-electron chi connectivity index (χ1n) is 9.00. The summed E-state index contributed by atoms with van der Waals surface area (Å²) in [6, 6.07) is 0. The van der Waals surface area contributed by atoms with Crippen LogP contribution in [0, 0.1) is 34.0 Å². The molecule has 0 heterocycles. The van der Waals surface area contributed by atoms with Gasteiger partial charge in [-0.1, -0.05) is 25.2 Å². The Morgan fingerprint density at radius 2 is 2.00 bits per heavy atom. The number of fused-ring (bicyclic) bond motifs is 2. The molecule has 3 heteroatoms. The highest BCUT2D eigenvalue weighted by Gasteiger charge is 2.76. The Kier molecular flexibility index (Phi) is 2.39. The molecule has 7 atom stereocenters. The molecule has 0 radical (unpaired) electrons. The summed E-state index contributed by atoms with van der Waals surface area (Å²) in [4.78, 5) is 25.6. The molecule has 1 N–H and O–H groups in total. The molecule has 2 spiro atoms. The standard InChI is InChI=1S/C20H24O3/c1-11-12-8-14-13-4-3-5-18(2,10-21)20(13)7-6-19(14,16(11)22)15(9-12)17(20)23/h4,10,12,14-16,22H,1,3,5-9H2,2H3/t12-,14+,15-,16-,18+,19+,20-/m1/s1. The number of Topliss-reactive ketones (excluding diaryl/α,β-unsaturated/α-hetero) is 1. The van der Waals surface area contributed by atoms with Gasteiger partial charge in [0.05, 0.1) is 11.5 Å².